The third-order valence-corrected chi connectivity index (χ3v) is 1.57. The summed E-state index contributed by atoms with van der Waals surface area (Å²) in [6.45, 7) is 3.73. The van der Waals surface area contributed by atoms with E-state index in [1.54, 1.807) is 6.20 Å². The van der Waals surface area contributed by atoms with E-state index in [1.807, 2.05) is 13.8 Å². The third kappa shape index (κ3) is 1.07. The van der Waals surface area contributed by atoms with Crippen LogP contribution in [0.5, 0.6) is 0 Å². The molecular weight excluding hydrogens is 114 g/mol. The molecule has 0 N–H and O–H groups in total. The quantitative estimate of drug-likeness (QED) is 0.475. The summed E-state index contributed by atoms with van der Waals surface area (Å²) in [5, 5.41) is 0. The summed E-state index contributed by atoms with van der Waals surface area (Å²) >= 11 is 0. The fraction of sp³-hybridized carbons (Fsp3) is 0.429. The van der Waals surface area contributed by atoms with E-state index in [-0.39, 0.29) is 11.7 Å². The minimum Gasteiger partial charge on any atom is -0.294 e. The van der Waals surface area contributed by atoms with Crippen molar-refractivity contribution in [2.45, 2.75) is 13.8 Å². The van der Waals surface area contributed by atoms with Gasteiger partial charge in [-0.2, -0.15) is 0 Å². The van der Waals surface area contributed by atoms with Crippen LogP contribution in [0.3, 0.4) is 0 Å². The van der Waals surface area contributed by atoms with Crippen molar-refractivity contribution in [1.29, 1.82) is 0 Å². The first-order valence-corrected chi connectivity index (χ1v) is 2.96. The second-order valence-electron chi connectivity index (χ2n) is 2.21. The molecule has 0 fully saturated rings. The summed E-state index contributed by atoms with van der Waals surface area (Å²) in [6, 6.07) is 0. The molecule has 48 valence electrons. The van der Waals surface area contributed by atoms with Crippen LogP contribution in [0.1, 0.15) is 13.8 Å². The number of rotatable bonds is 0. The van der Waals surface area contributed by atoms with Crippen LogP contribution in [0.4, 0.5) is 0 Å². The molecule has 0 aromatic rings. The Morgan fingerprint density at radius 1 is 1.67 bits per heavy atom. The second-order valence-corrected chi connectivity index (χ2v) is 2.21. The van der Waals surface area contributed by atoms with Crippen molar-refractivity contribution in [2.75, 3.05) is 0 Å². The largest absolute Gasteiger partial charge is 0.294 e. The van der Waals surface area contributed by atoms with Crippen molar-refractivity contribution in [1.82, 2.24) is 0 Å². The zero-order valence-corrected chi connectivity index (χ0v) is 5.59. The van der Waals surface area contributed by atoms with E-state index in [0.717, 1.165) is 5.71 Å². The van der Waals surface area contributed by atoms with Gasteiger partial charge in [0.25, 0.3) is 0 Å². The molecule has 0 saturated heterocycles. The zero-order valence-electron chi connectivity index (χ0n) is 5.59. The maximum Gasteiger partial charge on any atom is 0.165 e. The van der Waals surface area contributed by atoms with Crippen LogP contribution in [0.25, 0.3) is 0 Å². The molecule has 1 rings (SSSR count). The van der Waals surface area contributed by atoms with Gasteiger partial charge in [-0.05, 0) is 13.8 Å². The van der Waals surface area contributed by atoms with Crippen molar-refractivity contribution in [3.8, 4) is 0 Å². The molecule has 1 atom stereocenters. The molecule has 0 amide bonds. The molecule has 9 heavy (non-hydrogen) atoms. The Bertz CT molecular complexity index is 191. The molecule has 2 nitrogen and oxygen atoms in total. The summed E-state index contributed by atoms with van der Waals surface area (Å²) in [5.41, 5.74) is 0.905. The van der Waals surface area contributed by atoms with E-state index < -0.39 is 0 Å². The predicted octanol–water partition coefficient (Wildman–Crippen LogP) is 1.18. The van der Waals surface area contributed by atoms with Crippen LogP contribution in [0.2, 0.25) is 0 Å². The third-order valence-electron chi connectivity index (χ3n) is 1.57. The maximum absolute atomic E-state index is 10.8. The lowest BCUT2D eigenvalue weighted by Gasteiger charge is -2.08. The highest BCUT2D eigenvalue weighted by molar-refractivity contribution is 6.10. The molecule has 1 unspecified atom stereocenters. The Hall–Kier alpha value is -0.920. The van der Waals surface area contributed by atoms with Gasteiger partial charge < -0.3 is 0 Å². The molecule has 0 saturated carbocycles. The molecular formula is C7H9NO. The molecule has 0 aliphatic carbocycles. The first kappa shape index (κ1) is 6.20. The van der Waals surface area contributed by atoms with Crippen LogP contribution in [0, 0.1) is 5.92 Å². The highest BCUT2D eigenvalue weighted by Gasteiger charge is 2.14. The van der Waals surface area contributed by atoms with Crippen molar-refractivity contribution < 1.29 is 4.79 Å². The first-order chi connectivity index (χ1) is 4.22. The standard InChI is InChI=1S/C7H9NO/c1-5-6(2)8-4-3-7(5)9/h3-5H,1-2H3. The Balaban J connectivity index is 2.86. The van der Waals surface area contributed by atoms with Gasteiger partial charge in [-0.15, -0.1) is 0 Å². The van der Waals surface area contributed by atoms with Gasteiger partial charge in [0, 0.05) is 18.0 Å². The van der Waals surface area contributed by atoms with Crippen molar-refractivity contribution in [3.05, 3.63) is 12.3 Å². The van der Waals surface area contributed by atoms with Gasteiger partial charge in [-0.1, -0.05) is 0 Å². The van der Waals surface area contributed by atoms with E-state index >= 15 is 0 Å². The topological polar surface area (TPSA) is 29.4 Å². The van der Waals surface area contributed by atoms with Crippen LogP contribution in [-0.2, 0) is 4.79 Å². The SMILES string of the molecule is CC1=NC=CC(=O)C1C. The molecule has 0 spiro atoms. The summed E-state index contributed by atoms with van der Waals surface area (Å²) < 4.78 is 0. The second kappa shape index (κ2) is 2.13. The number of carbonyl (C=O) groups is 1. The van der Waals surface area contributed by atoms with Crippen LogP contribution in [-0.4, -0.2) is 11.5 Å². The van der Waals surface area contributed by atoms with E-state index in [9.17, 15) is 4.79 Å². The van der Waals surface area contributed by atoms with Crippen molar-refractivity contribution >= 4 is 11.5 Å². The number of hydrogen-bond acceptors (Lipinski definition) is 2. The fourth-order valence-electron chi connectivity index (χ4n) is 0.690. The predicted molar refractivity (Wildman–Crippen MR) is 36.4 cm³/mol. The highest BCUT2D eigenvalue weighted by Crippen LogP contribution is 2.06. The first-order valence-electron chi connectivity index (χ1n) is 2.96. The number of ketones is 1. The molecule has 0 aromatic carbocycles. The van der Waals surface area contributed by atoms with Crippen LogP contribution < -0.4 is 0 Å². The fourth-order valence-corrected chi connectivity index (χ4v) is 0.690. The Morgan fingerprint density at radius 2 is 2.33 bits per heavy atom. The lowest BCUT2D eigenvalue weighted by Crippen LogP contribution is -2.18. The lowest BCUT2D eigenvalue weighted by molar-refractivity contribution is -0.116. The number of allylic oxidation sites excluding steroid dienone is 1. The van der Waals surface area contributed by atoms with Gasteiger partial charge in [0.15, 0.2) is 5.78 Å². The van der Waals surface area contributed by atoms with Crippen LogP contribution in [0.15, 0.2) is 17.3 Å². The normalized spacial score (nSPS) is 26.2. The van der Waals surface area contributed by atoms with Gasteiger partial charge in [-0.3, -0.25) is 9.79 Å². The van der Waals surface area contributed by atoms with Gasteiger partial charge in [-0.25, -0.2) is 0 Å². The smallest absolute Gasteiger partial charge is 0.165 e. The summed E-state index contributed by atoms with van der Waals surface area (Å²) in [6.07, 6.45) is 3.06. The van der Waals surface area contributed by atoms with Crippen molar-refractivity contribution in [3.63, 3.8) is 0 Å². The minimum atomic E-state index is -0.00463. The Kier molecular flexibility index (Phi) is 1.47. The van der Waals surface area contributed by atoms with Crippen molar-refractivity contribution in [2.24, 2.45) is 10.9 Å². The summed E-state index contributed by atoms with van der Waals surface area (Å²) in [5.74, 6) is 0.150. The van der Waals surface area contributed by atoms with E-state index in [4.69, 9.17) is 0 Å². The molecule has 1 aliphatic heterocycles. The molecule has 0 radical (unpaired) electrons. The van der Waals surface area contributed by atoms with E-state index in [0.29, 0.717) is 0 Å². The van der Waals surface area contributed by atoms with Crippen LogP contribution >= 0.6 is 0 Å². The maximum atomic E-state index is 10.8. The molecule has 0 aromatic heterocycles. The highest BCUT2D eigenvalue weighted by atomic mass is 16.1. The number of aliphatic imine (C=N–C) groups is 1. The summed E-state index contributed by atoms with van der Waals surface area (Å²) in [7, 11) is 0. The monoisotopic (exact) mass is 123 g/mol. The van der Waals surface area contributed by atoms with E-state index in [1.165, 1.54) is 6.08 Å². The molecule has 0 bridgehead atoms. The Labute approximate surface area is 54.3 Å². The number of hydrogen-bond donors (Lipinski definition) is 0. The van der Waals surface area contributed by atoms with Gasteiger partial charge in [0.1, 0.15) is 0 Å². The number of nitrogens with zero attached hydrogens (tertiary/aromatic N) is 1. The Morgan fingerprint density at radius 3 is 2.78 bits per heavy atom. The average Bonchev–Trinajstić information content (AvgIpc) is 1.83. The zero-order chi connectivity index (χ0) is 6.85. The average molecular weight is 123 g/mol. The minimum absolute atomic E-state index is 0.00463. The van der Waals surface area contributed by atoms with Gasteiger partial charge in [0.05, 0.1) is 5.92 Å². The molecule has 1 heterocycles. The van der Waals surface area contributed by atoms with Gasteiger partial charge >= 0.3 is 0 Å². The van der Waals surface area contributed by atoms with E-state index in [2.05, 4.69) is 4.99 Å². The molecule has 1 aliphatic rings. The number of carbonyl (C=O) groups excluding carboxylic acids is 1. The van der Waals surface area contributed by atoms with Gasteiger partial charge in [0.2, 0.25) is 0 Å². The summed E-state index contributed by atoms with van der Waals surface area (Å²) in [4.78, 5) is 14.8. The lowest BCUT2D eigenvalue weighted by atomic mass is 10.00. The molecule has 2 heteroatoms.